The zero-order valence-corrected chi connectivity index (χ0v) is 21.3. The van der Waals surface area contributed by atoms with E-state index >= 15 is 0 Å². The molecular weight excluding hydrogens is 464 g/mol. The summed E-state index contributed by atoms with van der Waals surface area (Å²) >= 11 is 0. The first-order valence-corrected chi connectivity index (χ1v) is 12.9. The molecule has 1 saturated heterocycles. The van der Waals surface area contributed by atoms with Crippen LogP contribution in [0.2, 0.25) is 0 Å². The molecule has 7 nitrogen and oxygen atoms in total. The Morgan fingerprint density at radius 3 is 2.43 bits per heavy atom. The van der Waals surface area contributed by atoms with E-state index in [1.54, 1.807) is 32.4 Å². The molecule has 4 heterocycles. The van der Waals surface area contributed by atoms with Crippen LogP contribution in [0.5, 0.6) is 11.5 Å². The summed E-state index contributed by atoms with van der Waals surface area (Å²) in [6.45, 7) is 1.41. The quantitative estimate of drug-likeness (QED) is 0.406. The van der Waals surface area contributed by atoms with E-state index in [1.807, 2.05) is 17.0 Å². The van der Waals surface area contributed by atoms with E-state index in [2.05, 4.69) is 63.4 Å². The summed E-state index contributed by atoms with van der Waals surface area (Å²) in [4.78, 5) is 15.5. The zero-order valence-electron chi connectivity index (χ0n) is 21.3. The van der Waals surface area contributed by atoms with Crippen LogP contribution in [0, 0.1) is 0 Å². The summed E-state index contributed by atoms with van der Waals surface area (Å²) in [6, 6.07) is 20.7. The van der Waals surface area contributed by atoms with Gasteiger partial charge in [-0.3, -0.25) is 4.79 Å². The van der Waals surface area contributed by atoms with Gasteiger partial charge in [0, 0.05) is 66.7 Å². The van der Waals surface area contributed by atoms with Gasteiger partial charge in [-0.15, -0.1) is 0 Å². The van der Waals surface area contributed by atoms with Crippen LogP contribution in [0.15, 0.2) is 79.3 Å². The maximum atomic E-state index is 13.5. The maximum absolute atomic E-state index is 13.5. The number of amides is 1. The van der Waals surface area contributed by atoms with Gasteiger partial charge in [0.2, 0.25) is 0 Å². The largest absolute Gasteiger partial charge is 0.497 e. The molecule has 2 atom stereocenters. The van der Waals surface area contributed by atoms with Gasteiger partial charge in [-0.05, 0) is 73.9 Å². The average molecular weight is 497 g/mol. The Balaban J connectivity index is 1.28. The molecule has 6 rings (SSSR count). The highest BCUT2D eigenvalue weighted by molar-refractivity contribution is 5.95. The lowest BCUT2D eigenvalue weighted by molar-refractivity contribution is 0.0734. The Kier molecular flexibility index (Phi) is 6.12. The highest BCUT2D eigenvalue weighted by atomic mass is 16.5. The van der Waals surface area contributed by atoms with Gasteiger partial charge in [-0.2, -0.15) is 0 Å². The molecule has 4 aromatic rings. The van der Waals surface area contributed by atoms with Crippen molar-refractivity contribution in [1.82, 2.24) is 14.0 Å². The minimum absolute atomic E-state index is 0.0206. The normalized spacial score (nSPS) is 18.8. The molecular formula is C30H32N4O3. The molecule has 2 aliphatic heterocycles. The lowest BCUT2D eigenvalue weighted by Gasteiger charge is -2.33. The fourth-order valence-corrected chi connectivity index (χ4v) is 5.79. The Morgan fingerprint density at radius 2 is 1.68 bits per heavy atom. The molecule has 1 fully saturated rings. The van der Waals surface area contributed by atoms with Crippen LogP contribution >= 0.6 is 0 Å². The lowest BCUT2D eigenvalue weighted by atomic mass is 9.87. The summed E-state index contributed by atoms with van der Waals surface area (Å²) in [5.74, 6) is 1.55. The van der Waals surface area contributed by atoms with E-state index in [0.29, 0.717) is 29.6 Å². The lowest BCUT2D eigenvalue weighted by Crippen LogP contribution is -2.39. The van der Waals surface area contributed by atoms with Crippen LogP contribution in [0.25, 0.3) is 11.4 Å². The van der Waals surface area contributed by atoms with Gasteiger partial charge in [0.05, 0.1) is 25.6 Å². The smallest absolute Gasteiger partial charge is 0.254 e. The van der Waals surface area contributed by atoms with Crippen molar-refractivity contribution in [2.24, 2.45) is 0 Å². The molecule has 7 heteroatoms. The van der Waals surface area contributed by atoms with Crippen LogP contribution in [0.3, 0.4) is 0 Å². The first-order valence-electron chi connectivity index (χ1n) is 12.9. The highest BCUT2D eigenvalue weighted by Gasteiger charge is 2.33. The molecule has 190 valence electrons. The van der Waals surface area contributed by atoms with Gasteiger partial charge in [0.15, 0.2) is 0 Å². The number of nitrogens with zero attached hydrogens (tertiary/aromatic N) is 3. The number of anilines is 1. The summed E-state index contributed by atoms with van der Waals surface area (Å²) < 4.78 is 15.2. The number of hydrogen-bond acceptors (Lipinski definition) is 4. The topological polar surface area (TPSA) is 60.7 Å². The Labute approximate surface area is 217 Å². The van der Waals surface area contributed by atoms with Crippen molar-refractivity contribution in [2.45, 2.75) is 31.2 Å². The van der Waals surface area contributed by atoms with Gasteiger partial charge in [0.25, 0.3) is 5.91 Å². The number of rotatable bonds is 4. The summed E-state index contributed by atoms with van der Waals surface area (Å²) in [7, 11) is 3.21. The maximum Gasteiger partial charge on any atom is 0.254 e. The second-order valence-electron chi connectivity index (χ2n) is 9.78. The predicted molar refractivity (Wildman–Crippen MR) is 145 cm³/mol. The summed E-state index contributed by atoms with van der Waals surface area (Å²) in [6.07, 6.45) is 9.08. The third-order valence-corrected chi connectivity index (χ3v) is 7.67. The number of aromatic nitrogens is 2. The number of nitrogens with one attached hydrogen (secondary N) is 1. The van der Waals surface area contributed by atoms with Crippen LogP contribution < -0.4 is 14.8 Å². The van der Waals surface area contributed by atoms with Gasteiger partial charge in [-0.1, -0.05) is 0 Å². The number of carbonyl (C=O) groups is 1. The fourth-order valence-electron chi connectivity index (χ4n) is 5.79. The monoisotopic (exact) mass is 496 g/mol. The molecule has 0 bridgehead atoms. The Bertz CT molecular complexity index is 1390. The molecule has 0 radical (unpaired) electrons. The molecule has 2 aromatic heterocycles. The first kappa shape index (κ1) is 23.3. The van der Waals surface area contributed by atoms with Gasteiger partial charge >= 0.3 is 0 Å². The van der Waals surface area contributed by atoms with Crippen molar-refractivity contribution < 1.29 is 14.3 Å². The molecule has 1 unspecified atom stereocenters. The van der Waals surface area contributed by atoms with Crippen molar-refractivity contribution in [2.75, 3.05) is 32.6 Å². The first-order chi connectivity index (χ1) is 18.1. The molecule has 2 aliphatic rings. The summed E-state index contributed by atoms with van der Waals surface area (Å²) in [5, 5.41) is 3.90. The number of ether oxygens (including phenoxy) is 2. The molecule has 1 N–H and O–H groups in total. The molecule has 1 amide bonds. The standard InChI is InChI=1S/C30H32N4O3/c1-36-23-17-21(18-24(20-23)37-2)30(35)33-14-5-7-26-25(11-16-33)28-8-6-15-34(28)29-10-9-22(19-27(29)31-26)32-12-3-4-13-32/h3-4,6,8-10,12-13,15,17-20,25-26,31H,5,7,11,14,16H2,1-2H3/t25-,26?/m1/s1. The molecule has 0 aliphatic carbocycles. The molecule has 0 spiro atoms. The Hall–Kier alpha value is -4.13. The van der Waals surface area contributed by atoms with Crippen molar-refractivity contribution in [3.63, 3.8) is 0 Å². The third kappa shape index (κ3) is 4.35. The average Bonchev–Trinajstić information content (AvgIpc) is 3.61. The van der Waals surface area contributed by atoms with Crippen molar-refractivity contribution in [3.05, 3.63) is 90.5 Å². The van der Waals surface area contributed by atoms with E-state index in [4.69, 9.17) is 9.47 Å². The number of carbonyl (C=O) groups excluding carboxylic acids is 1. The highest BCUT2D eigenvalue weighted by Crippen LogP contribution is 2.39. The summed E-state index contributed by atoms with van der Waals surface area (Å²) in [5.41, 5.74) is 5.34. The number of likely N-dealkylation sites (tertiary alicyclic amines) is 1. The number of hydrogen-bond donors (Lipinski definition) is 1. The molecule has 2 aromatic carbocycles. The van der Waals surface area contributed by atoms with Gasteiger partial charge in [0.1, 0.15) is 11.5 Å². The fraction of sp³-hybridized carbons (Fsp3) is 0.300. The molecule has 37 heavy (non-hydrogen) atoms. The third-order valence-electron chi connectivity index (χ3n) is 7.67. The van der Waals surface area contributed by atoms with Crippen LogP contribution in [-0.2, 0) is 0 Å². The number of fused-ring (bicyclic) bond motifs is 5. The van der Waals surface area contributed by atoms with Gasteiger partial charge < -0.3 is 28.8 Å². The van der Waals surface area contributed by atoms with Crippen LogP contribution in [-0.4, -0.2) is 53.3 Å². The minimum atomic E-state index is 0.0206. The van der Waals surface area contributed by atoms with Crippen LogP contribution in [0.4, 0.5) is 5.69 Å². The number of methoxy groups -OCH3 is 2. The molecule has 0 saturated carbocycles. The van der Waals surface area contributed by atoms with E-state index in [0.717, 1.165) is 37.2 Å². The van der Waals surface area contributed by atoms with Crippen molar-refractivity contribution in [1.29, 1.82) is 0 Å². The second kappa shape index (κ2) is 9.73. The Morgan fingerprint density at radius 1 is 0.892 bits per heavy atom. The van der Waals surface area contributed by atoms with E-state index < -0.39 is 0 Å². The zero-order chi connectivity index (χ0) is 25.4. The number of benzene rings is 2. The van der Waals surface area contributed by atoms with Crippen LogP contribution in [0.1, 0.15) is 41.2 Å². The van der Waals surface area contributed by atoms with Crippen molar-refractivity contribution >= 4 is 11.6 Å². The minimum Gasteiger partial charge on any atom is -0.497 e. The second-order valence-corrected chi connectivity index (χ2v) is 9.78. The van der Waals surface area contributed by atoms with E-state index in [-0.39, 0.29) is 11.8 Å². The van der Waals surface area contributed by atoms with Gasteiger partial charge in [-0.25, -0.2) is 0 Å². The van der Waals surface area contributed by atoms with E-state index in [1.165, 1.54) is 11.4 Å². The van der Waals surface area contributed by atoms with E-state index in [9.17, 15) is 4.79 Å². The van der Waals surface area contributed by atoms with Crippen molar-refractivity contribution in [3.8, 4) is 22.9 Å². The SMILES string of the molecule is COc1cc(OC)cc(C(=O)N2CCCC3Nc4cc(-n5cccc5)ccc4-n4cccc4[C@@H]3CC2)c1. The predicted octanol–water partition coefficient (Wildman–Crippen LogP) is 5.49.